The van der Waals surface area contributed by atoms with Gasteiger partial charge in [0.1, 0.15) is 0 Å². The fourth-order valence-electron chi connectivity index (χ4n) is 3.40. The van der Waals surface area contributed by atoms with E-state index in [1.807, 2.05) is 35.9 Å². The Labute approximate surface area is 136 Å². The van der Waals surface area contributed by atoms with Gasteiger partial charge in [0.15, 0.2) is 0 Å². The highest BCUT2D eigenvalue weighted by atomic mass is 16.2. The van der Waals surface area contributed by atoms with Crippen LogP contribution in [0.25, 0.3) is 0 Å². The molecule has 23 heavy (non-hydrogen) atoms. The van der Waals surface area contributed by atoms with E-state index in [0.29, 0.717) is 6.42 Å². The third-order valence-electron chi connectivity index (χ3n) is 4.97. The van der Waals surface area contributed by atoms with E-state index in [1.54, 1.807) is 0 Å². The van der Waals surface area contributed by atoms with Crippen LogP contribution >= 0.6 is 0 Å². The summed E-state index contributed by atoms with van der Waals surface area (Å²) in [6.45, 7) is 4.94. The standard InChI is InChI=1S/C17H25N5O/c1-12-10-18-20-17(12)15-6-4-5-9-22(15)16(23)8-7-14-11-19-21(3)13(14)2/h10-11,15H,4-9H2,1-3H3,(H,18,20). The molecule has 1 unspecified atom stereocenters. The van der Waals surface area contributed by atoms with E-state index in [4.69, 9.17) is 0 Å². The van der Waals surface area contributed by atoms with Crippen LogP contribution in [0.4, 0.5) is 0 Å². The number of nitrogens with one attached hydrogen (secondary N) is 1. The Morgan fingerprint density at radius 1 is 1.35 bits per heavy atom. The van der Waals surface area contributed by atoms with E-state index >= 15 is 0 Å². The van der Waals surface area contributed by atoms with Crippen LogP contribution in [-0.2, 0) is 18.3 Å². The number of hydrogen-bond donors (Lipinski definition) is 1. The highest BCUT2D eigenvalue weighted by Gasteiger charge is 2.29. The van der Waals surface area contributed by atoms with Gasteiger partial charge in [0.25, 0.3) is 0 Å². The molecular weight excluding hydrogens is 290 g/mol. The lowest BCUT2D eigenvalue weighted by Crippen LogP contribution is -2.39. The molecule has 3 heterocycles. The Bertz CT molecular complexity index is 687. The molecule has 6 heteroatoms. The molecule has 1 fully saturated rings. The molecule has 1 aliphatic heterocycles. The van der Waals surface area contributed by atoms with E-state index in [0.717, 1.165) is 54.7 Å². The molecule has 124 valence electrons. The Morgan fingerprint density at radius 3 is 2.83 bits per heavy atom. The number of likely N-dealkylation sites (tertiary alicyclic amines) is 1. The SMILES string of the molecule is Cc1cn[nH]c1C1CCCCN1C(=O)CCc1cnn(C)c1C. The number of aromatic amines is 1. The highest BCUT2D eigenvalue weighted by Crippen LogP contribution is 2.32. The summed E-state index contributed by atoms with van der Waals surface area (Å²) in [6.07, 6.45) is 8.26. The minimum atomic E-state index is 0.147. The van der Waals surface area contributed by atoms with E-state index in [1.165, 1.54) is 0 Å². The van der Waals surface area contributed by atoms with Crippen molar-refractivity contribution in [2.24, 2.45) is 7.05 Å². The van der Waals surface area contributed by atoms with Gasteiger partial charge in [-0.1, -0.05) is 0 Å². The summed E-state index contributed by atoms with van der Waals surface area (Å²) in [5.74, 6) is 0.229. The third-order valence-corrected chi connectivity index (χ3v) is 4.97. The maximum atomic E-state index is 12.8. The molecule has 0 saturated carbocycles. The first-order valence-electron chi connectivity index (χ1n) is 8.34. The van der Waals surface area contributed by atoms with Gasteiger partial charge in [-0.05, 0) is 50.7 Å². The molecule has 0 aliphatic carbocycles. The second-order valence-electron chi connectivity index (χ2n) is 6.44. The van der Waals surface area contributed by atoms with Gasteiger partial charge >= 0.3 is 0 Å². The van der Waals surface area contributed by atoms with E-state index in [9.17, 15) is 4.79 Å². The van der Waals surface area contributed by atoms with Crippen LogP contribution in [0, 0.1) is 13.8 Å². The summed E-state index contributed by atoms with van der Waals surface area (Å²) in [6, 6.07) is 0.147. The molecule has 0 radical (unpaired) electrons. The molecule has 1 N–H and O–H groups in total. The first kappa shape index (κ1) is 15.8. The third kappa shape index (κ3) is 3.16. The Morgan fingerprint density at radius 2 is 2.17 bits per heavy atom. The molecule has 2 aromatic rings. The first-order chi connectivity index (χ1) is 11.1. The minimum Gasteiger partial charge on any atom is -0.334 e. The molecule has 0 aromatic carbocycles. The van der Waals surface area contributed by atoms with Gasteiger partial charge < -0.3 is 4.90 Å². The van der Waals surface area contributed by atoms with Gasteiger partial charge in [-0.3, -0.25) is 14.6 Å². The number of carbonyl (C=O) groups excluding carboxylic acids is 1. The predicted molar refractivity (Wildman–Crippen MR) is 87.9 cm³/mol. The molecule has 0 bridgehead atoms. The van der Waals surface area contributed by atoms with E-state index < -0.39 is 0 Å². The zero-order valence-electron chi connectivity index (χ0n) is 14.2. The lowest BCUT2D eigenvalue weighted by molar-refractivity contribution is -0.135. The smallest absolute Gasteiger partial charge is 0.223 e. The lowest BCUT2D eigenvalue weighted by Gasteiger charge is -2.35. The van der Waals surface area contributed by atoms with Crippen molar-refractivity contribution >= 4 is 5.91 Å². The number of carbonyl (C=O) groups is 1. The summed E-state index contributed by atoms with van der Waals surface area (Å²) >= 11 is 0. The number of aryl methyl sites for hydroxylation is 3. The number of aromatic nitrogens is 4. The summed E-state index contributed by atoms with van der Waals surface area (Å²) in [5, 5.41) is 11.5. The maximum Gasteiger partial charge on any atom is 0.223 e. The van der Waals surface area contributed by atoms with Gasteiger partial charge in [-0.2, -0.15) is 10.2 Å². The van der Waals surface area contributed by atoms with Crippen molar-refractivity contribution in [1.82, 2.24) is 24.9 Å². The van der Waals surface area contributed by atoms with Gasteiger partial charge in [0.05, 0.1) is 24.1 Å². The average Bonchev–Trinajstić information content (AvgIpc) is 3.12. The van der Waals surface area contributed by atoms with E-state index in [2.05, 4.69) is 22.2 Å². The van der Waals surface area contributed by atoms with Crippen molar-refractivity contribution in [2.45, 2.75) is 52.0 Å². The topological polar surface area (TPSA) is 66.8 Å². The fourth-order valence-corrected chi connectivity index (χ4v) is 3.40. The molecule has 6 nitrogen and oxygen atoms in total. The number of amides is 1. The van der Waals surface area contributed by atoms with Gasteiger partial charge in [-0.25, -0.2) is 0 Å². The number of piperidine rings is 1. The molecule has 3 rings (SSSR count). The van der Waals surface area contributed by atoms with Crippen molar-refractivity contribution in [1.29, 1.82) is 0 Å². The second-order valence-corrected chi connectivity index (χ2v) is 6.44. The maximum absolute atomic E-state index is 12.8. The van der Waals surface area contributed by atoms with Gasteiger partial charge in [0.2, 0.25) is 5.91 Å². The number of rotatable bonds is 4. The van der Waals surface area contributed by atoms with Crippen LogP contribution in [0.1, 0.15) is 54.2 Å². The normalized spacial score (nSPS) is 18.4. The molecule has 0 spiro atoms. The molecule has 1 saturated heterocycles. The zero-order valence-corrected chi connectivity index (χ0v) is 14.2. The zero-order chi connectivity index (χ0) is 16.4. The highest BCUT2D eigenvalue weighted by molar-refractivity contribution is 5.77. The van der Waals surface area contributed by atoms with Crippen LogP contribution in [-0.4, -0.2) is 37.3 Å². The number of H-pyrrole nitrogens is 1. The molecule has 1 atom stereocenters. The monoisotopic (exact) mass is 315 g/mol. The fraction of sp³-hybridized carbons (Fsp3) is 0.588. The lowest BCUT2D eigenvalue weighted by atomic mass is 9.96. The number of hydrogen-bond acceptors (Lipinski definition) is 3. The summed E-state index contributed by atoms with van der Waals surface area (Å²) in [5.41, 5.74) is 4.53. The Balaban J connectivity index is 1.69. The van der Waals surface area contributed by atoms with E-state index in [-0.39, 0.29) is 11.9 Å². The number of nitrogens with zero attached hydrogens (tertiary/aromatic N) is 4. The predicted octanol–water partition coefficient (Wildman–Crippen LogP) is 2.45. The van der Waals surface area contributed by atoms with Crippen molar-refractivity contribution in [3.63, 3.8) is 0 Å². The van der Waals surface area contributed by atoms with Gasteiger partial charge in [0, 0.05) is 25.7 Å². The molecule has 1 aliphatic rings. The van der Waals surface area contributed by atoms with Crippen LogP contribution in [0.5, 0.6) is 0 Å². The van der Waals surface area contributed by atoms with Crippen LogP contribution < -0.4 is 0 Å². The molecule has 1 amide bonds. The van der Waals surface area contributed by atoms with Crippen LogP contribution in [0.2, 0.25) is 0 Å². The second kappa shape index (κ2) is 6.56. The quantitative estimate of drug-likeness (QED) is 0.942. The molecular formula is C17H25N5O. The Kier molecular flexibility index (Phi) is 4.50. The summed E-state index contributed by atoms with van der Waals surface area (Å²) < 4.78 is 1.86. The van der Waals surface area contributed by atoms with Crippen molar-refractivity contribution in [3.05, 3.63) is 34.9 Å². The average molecular weight is 315 g/mol. The molecule has 2 aromatic heterocycles. The summed E-state index contributed by atoms with van der Waals surface area (Å²) in [4.78, 5) is 14.8. The van der Waals surface area contributed by atoms with Gasteiger partial charge in [-0.15, -0.1) is 0 Å². The van der Waals surface area contributed by atoms with Crippen LogP contribution in [0.15, 0.2) is 12.4 Å². The Hall–Kier alpha value is -2.11. The minimum absolute atomic E-state index is 0.147. The summed E-state index contributed by atoms with van der Waals surface area (Å²) in [7, 11) is 1.93. The van der Waals surface area contributed by atoms with Crippen molar-refractivity contribution in [2.75, 3.05) is 6.54 Å². The first-order valence-corrected chi connectivity index (χ1v) is 8.34. The van der Waals surface area contributed by atoms with Crippen LogP contribution in [0.3, 0.4) is 0 Å². The van der Waals surface area contributed by atoms with Crippen molar-refractivity contribution < 1.29 is 4.79 Å². The largest absolute Gasteiger partial charge is 0.334 e. The van der Waals surface area contributed by atoms with Crippen molar-refractivity contribution in [3.8, 4) is 0 Å².